The number of benzene rings is 1. The summed E-state index contributed by atoms with van der Waals surface area (Å²) in [6.45, 7) is 3.90. The van der Waals surface area contributed by atoms with Crippen LogP contribution >= 0.6 is 0 Å². The molecular formula is C23H29NO3. The lowest BCUT2D eigenvalue weighted by Crippen LogP contribution is -2.56. The van der Waals surface area contributed by atoms with Crippen LogP contribution in [0.1, 0.15) is 63.5 Å². The number of hydrogen-bond donors (Lipinski definition) is 0. The van der Waals surface area contributed by atoms with E-state index in [0.717, 1.165) is 50.7 Å². The first-order valence-electron chi connectivity index (χ1n) is 10.2. The maximum absolute atomic E-state index is 11.4. The number of nitrogens with zero attached hydrogens (tertiary/aromatic N) is 1. The lowest BCUT2D eigenvalue weighted by molar-refractivity contribution is -0.154. The molecule has 4 nitrogen and oxygen atoms in total. The highest BCUT2D eigenvalue weighted by molar-refractivity contribution is 5.66. The minimum atomic E-state index is -0.390. The average molecular weight is 367 g/mol. The van der Waals surface area contributed by atoms with Crippen molar-refractivity contribution in [2.45, 2.75) is 70.3 Å². The van der Waals surface area contributed by atoms with E-state index in [0.29, 0.717) is 11.8 Å². The molecule has 0 unspecified atom stereocenters. The molecule has 0 bridgehead atoms. The molecule has 4 rings (SSSR count). The van der Waals surface area contributed by atoms with E-state index in [1.807, 2.05) is 6.07 Å². The Kier molecular flexibility index (Phi) is 4.45. The molecule has 1 aromatic carbocycles. The standard InChI is InChI=1S/C23H29NO3/c1-15(25)27-19-9-10-22(2)17(13-19)8-11-23(14-24)20-6-5-18(26-3)12-16(20)4-7-21(22)23/h5-6,12,17,19,21H,4,7-11,13H2,1-3H3/t17-,19-,21+,22-,23-/m0/s1. The highest BCUT2D eigenvalue weighted by atomic mass is 16.5. The van der Waals surface area contributed by atoms with Crippen LogP contribution in [0.15, 0.2) is 18.2 Å². The minimum absolute atomic E-state index is 0.0512. The van der Waals surface area contributed by atoms with Crippen molar-refractivity contribution in [3.63, 3.8) is 0 Å². The summed E-state index contributed by atoms with van der Waals surface area (Å²) >= 11 is 0. The Labute approximate surface area is 161 Å². The fourth-order valence-electron chi connectivity index (χ4n) is 6.50. The zero-order valence-corrected chi connectivity index (χ0v) is 16.6. The van der Waals surface area contributed by atoms with Crippen LogP contribution in [0.4, 0.5) is 0 Å². The van der Waals surface area contributed by atoms with E-state index in [1.165, 1.54) is 18.1 Å². The Hall–Kier alpha value is -2.02. The number of rotatable bonds is 2. The monoisotopic (exact) mass is 367 g/mol. The number of methoxy groups -OCH3 is 1. The molecule has 0 amide bonds. The normalized spacial score (nSPS) is 37.2. The molecule has 0 N–H and O–H groups in total. The highest BCUT2D eigenvalue weighted by Gasteiger charge is 2.59. The van der Waals surface area contributed by atoms with Crippen LogP contribution in [-0.4, -0.2) is 19.2 Å². The first-order valence-corrected chi connectivity index (χ1v) is 10.2. The van der Waals surface area contributed by atoms with Crippen molar-refractivity contribution in [3.05, 3.63) is 29.3 Å². The predicted octanol–water partition coefficient (Wildman–Crippen LogP) is 4.55. The minimum Gasteiger partial charge on any atom is -0.497 e. The number of carbonyl (C=O) groups excluding carboxylic acids is 1. The average Bonchev–Trinajstić information content (AvgIpc) is 2.67. The Bertz CT molecular complexity index is 797. The molecule has 3 aliphatic carbocycles. The van der Waals surface area contributed by atoms with E-state index >= 15 is 0 Å². The molecule has 0 aliphatic heterocycles. The summed E-state index contributed by atoms with van der Waals surface area (Å²) < 4.78 is 10.9. The van der Waals surface area contributed by atoms with Gasteiger partial charge in [-0.15, -0.1) is 0 Å². The van der Waals surface area contributed by atoms with Gasteiger partial charge in [-0.25, -0.2) is 0 Å². The first-order chi connectivity index (χ1) is 12.9. The van der Waals surface area contributed by atoms with Crippen molar-refractivity contribution < 1.29 is 14.3 Å². The summed E-state index contributed by atoms with van der Waals surface area (Å²) in [5, 5.41) is 10.4. The van der Waals surface area contributed by atoms with Crippen LogP contribution in [0, 0.1) is 28.6 Å². The van der Waals surface area contributed by atoms with Crippen molar-refractivity contribution in [2.75, 3.05) is 7.11 Å². The second-order valence-electron chi connectivity index (χ2n) is 8.94. The summed E-state index contributed by atoms with van der Waals surface area (Å²) in [4.78, 5) is 11.4. The molecule has 0 saturated heterocycles. The third-order valence-electron chi connectivity index (χ3n) is 7.79. The highest BCUT2D eigenvalue weighted by Crippen LogP contribution is 2.63. The summed E-state index contributed by atoms with van der Waals surface area (Å²) in [5.41, 5.74) is 2.26. The van der Waals surface area contributed by atoms with E-state index in [9.17, 15) is 10.1 Å². The number of fused-ring (bicyclic) bond motifs is 5. The van der Waals surface area contributed by atoms with Gasteiger partial charge in [0.2, 0.25) is 0 Å². The van der Waals surface area contributed by atoms with Gasteiger partial charge in [0.25, 0.3) is 0 Å². The fourth-order valence-corrected chi connectivity index (χ4v) is 6.50. The van der Waals surface area contributed by atoms with Gasteiger partial charge in [-0.3, -0.25) is 4.79 Å². The van der Waals surface area contributed by atoms with Crippen molar-refractivity contribution in [3.8, 4) is 11.8 Å². The molecule has 144 valence electrons. The van der Waals surface area contributed by atoms with E-state index in [2.05, 4.69) is 25.1 Å². The van der Waals surface area contributed by atoms with Gasteiger partial charge in [0.15, 0.2) is 0 Å². The maximum atomic E-state index is 11.4. The Morgan fingerprint density at radius 3 is 2.78 bits per heavy atom. The molecular weight excluding hydrogens is 338 g/mol. The van der Waals surface area contributed by atoms with Crippen LogP contribution in [-0.2, 0) is 21.4 Å². The number of nitriles is 1. The largest absolute Gasteiger partial charge is 0.497 e. The molecule has 0 aromatic heterocycles. The lowest BCUT2D eigenvalue weighted by Gasteiger charge is -2.59. The second kappa shape index (κ2) is 6.55. The zero-order valence-electron chi connectivity index (χ0n) is 16.6. The number of aryl methyl sites for hydroxylation is 1. The lowest BCUT2D eigenvalue weighted by atomic mass is 9.44. The summed E-state index contributed by atoms with van der Waals surface area (Å²) in [7, 11) is 1.70. The summed E-state index contributed by atoms with van der Waals surface area (Å²) in [6, 6.07) is 9.05. The SMILES string of the molecule is COc1ccc2c(c1)CC[C@@H]1[C@@]3(C)CC[C@H](OC(C)=O)C[C@@H]3CC[C@]21C#N. The van der Waals surface area contributed by atoms with Crippen molar-refractivity contribution in [2.24, 2.45) is 17.3 Å². The van der Waals surface area contributed by atoms with Crippen molar-refractivity contribution in [1.29, 1.82) is 5.26 Å². The number of carbonyl (C=O) groups is 1. The topological polar surface area (TPSA) is 59.3 Å². The van der Waals surface area contributed by atoms with Gasteiger partial charge in [-0.05, 0) is 85.5 Å². The molecule has 2 fully saturated rings. The smallest absolute Gasteiger partial charge is 0.302 e. The van der Waals surface area contributed by atoms with Crippen LogP contribution in [0.25, 0.3) is 0 Å². The molecule has 0 radical (unpaired) electrons. The van der Waals surface area contributed by atoms with Gasteiger partial charge in [0.1, 0.15) is 11.9 Å². The molecule has 5 atom stereocenters. The van der Waals surface area contributed by atoms with E-state index < -0.39 is 0 Å². The van der Waals surface area contributed by atoms with Gasteiger partial charge in [0, 0.05) is 6.92 Å². The molecule has 4 heteroatoms. The van der Waals surface area contributed by atoms with Gasteiger partial charge < -0.3 is 9.47 Å². The maximum Gasteiger partial charge on any atom is 0.302 e. The van der Waals surface area contributed by atoms with Crippen molar-refractivity contribution >= 4 is 5.97 Å². The van der Waals surface area contributed by atoms with Crippen LogP contribution in [0.5, 0.6) is 5.75 Å². The summed E-state index contributed by atoms with van der Waals surface area (Å²) in [5.74, 6) is 1.60. The molecule has 0 heterocycles. The van der Waals surface area contributed by atoms with Gasteiger partial charge in [0.05, 0.1) is 18.6 Å². The molecule has 1 aromatic rings. The van der Waals surface area contributed by atoms with E-state index in [1.54, 1.807) is 7.11 Å². The fraction of sp³-hybridized carbons (Fsp3) is 0.652. The number of ether oxygens (including phenoxy) is 2. The Morgan fingerprint density at radius 1 is 1.26 bits per heavy atom. The quantitative estimate of drug-likeness (QED) is 0.720. The third kappa shape index (κ3) is 2.74. The Balaban J connectivity index is 1.68. The van der Waals surface area contributed by atoms with E-state index in [4.69, 9.17) is 9.47 Å². The zero-order chi connectivity index (χ0) is 19.2. The first kappa shape index (κ1) is 18.3. The molecule has 27 heavy (non-hydrogen) atoms. The van der Waals surface area contributed by atoms with Crippen LogP contribution in [0.3, 0.4) is 0 Å². The van der Waals surface area contributed by atoms with Crippen LogP contribution < -0.4 is 4.74 Å². The Morgan fingerprint density at radius 2 is 2.07 bits per heavy atom. The molecule has 2 saturated carbocycles. The van der Waals surface area contributed by atoms with E-state index in [-0.39, 0.29) is 22.9 Å². The molecule has 3 aliphatic rings. The van der Waals surface area contributed by atoms with Gasteiger partial charge >= 0.3 is 5.97 Å². The number of hydrogen-bond acceptors (Lipinski definition) is 4. The van der Waals surface area contributed by atoms with Gasteiger partial charge in [-0.1, -0.05) is 13.0 Å². The van der Waals surface area contributed by atoms with Crippen molar-refractivity contribution in [1.82, 2.24) is 0 Å². The number of esters is 1. The summed E-state index contributed by atoms with van der Waals surface area (Å²) in [6.07, 6.45) is 6.95. The predicted molar refractivity (Wildman–Crippen MR) is 102 cm³/mol. The third-order valence-corrected chi connectivity index (χ3v) is 7.79. The van der Waals surface area contributed by atoms with Crippen LogP contribution in [0.2, 0.25) is 0 Å². The second-order valence-corrected chi connectivity index (χ2v) is 8.94. The van der Waals surface area contributed by atoms with Gasteiger partial charge in [-0.2, -0.15) is 5.26 Å². The molecule has 0 spiro atoms.